The highest BCUT2D eigenvalue weighted by molar-refractivity contribution is 5.75. The first kappa shape index (κ1) is 18.0. The number of hydrogen-bond donors (Lipinski definition) is 3. The van der Waals surface area contributed by atoms with Gasteiger partial charge in [-0.25, -0.2) is 4.79 Å². The summed E-state index contributed by atoms with van der Waals surface area (Å²) in [4.78, 5) is 12.4. The molecule has 0 aliphatic heterocycles. The Bertz CT molecular complexity index is 551. The van der Waals surface area contributed by atoms with Crippen LogP contribution < -0.4 is 10.6 Å². The van der Waals surface area contributed by atoms with Crippen LogP contribution in [0, 0.1) is 0 Å². The predicted octanol–water partition coefficient (Wildman–Crippen LogP) is 2.80. The SMILES string of the molecule is COCC(NC(=O)N[C@H](CCO)c1ccccc1)c1ccccc1. The fraction of sp³-hybridized carbons (Fsp3) is 0.316. The Morgan fingerprint density at radius 2 is 1.46 bits per heavy atom. The lowest BCUT2D eigenvalue weighted by Gasteiger charge is -2.23. The van der Waals surface area contributed by atoms with Crippen molar-refractivity contribution < 1.29 is 14.6 Å². The van der Waals surface area contributed by atoms with Gasteiger partial charge in [0.1, 0.15) is 0 Å². The number of urea groups is 1. The number of rotatable bonds is 8. The summed E-state index contributed by atoms with van der Waals surface area (Å²) in [6.45, 7) is 0.382. The summed E-state index contributed by atoms with van der Waals surface area (Å²) in [6, 6.07) is 18.5. The third-order valence-corrected chi connectivity index (χ3v) is 3.77. The quantitative estimate of drug-likeness (QED) is 0.698. The van der Waals surface area contributed by atoms with E-state index in [0.29, 0.717) is 13.0 Å². The number of amides is 2. The lowest BCUT2D eigenvalue weighted by molar-refractivity contribution is 0.164. The van der Waals surface area contributed by atoms with Gasteiger partial charge in [-0.2, -0.15) is 0 Å². The van der Waals surface area contributed by atoms with Crippen molar-refractivity contribution in [1.29, 1.82) is 0 Å². The molecule has 2 amide bonds. The van der Waals surface area contributed by atoms with Gasteiger partial charge < -0.3 is 20.5 Å². The predicted molar refractivity (Wildman–Crippen MR) is 93.6 cm³/mol. The summed E-state index contributed by atoms with van der Waals surface area (Å²) in [5.74, 6) is 0. The Morgan fingerprint density at radius 1 is 0.958 bits per heavy atom. The second kappa shape index (κ2) is 9.70. The molecule has 0 aliphatic carbocycles. The molecule has 3 N–H and O–H groups in total. The standard InChI is InChI=1S/C19H24N2O3/c1-24-14-18(16-10-6-3-7-11-16)21-19(23)20-17(12-13-22)15-8-4-2-5-9-15/h2-11,17-18,22H,12-14H2,1H3,(H2,20,21,23)/t17-,18?/m1/s1. The van der Waals surface area contributed by atoms with Gasteiger partial charge in [-0.15, -0.1) is 0 Å². The van der Waals surface area contributed by atoms with Gasteiger partial charge in [-0.1, -0.05) is 60.7 Å². The van der Waals surface area contributed by atoms with Crippen LogP contribution in [0.1, 0.15) is 29.6 Å². The van der Waals surface area contributed by atoms with Crippen molar-refractivity contribution in [2.24, 2.45) is 0 Å². The van der Waals surface area contributed by atoms with E-state index in [2.05, 4.69) is 10.6 Å². The topological polar surface area (TPSA) is 70.6 Å². The van der Waals surface area contributed by atoms with Crippen LogP contribution in [0.4, 0.5) is 4.79 Å². The molecule has 0 saturated carbocycles. The molecule has 5 heteroatoms. The monoisotopic (exact) mass is 328 g/mol. The van der Waals surface area contributed by atoms with Crippen LogP contribution in [0.2, 0.25) is 0 Å². The van der Waals surface area contributed by atoms with E-state index in [9.17, 15) is 9.90 Å². The van der Waals surface area contributed by atoms with Crippen molar-refractivity contribution >= 4 is 6.03 Å². The van der Waals surface area contributed by atoms with Gasteiger partial charge in [0.2, 0.25) is 0 Å². The summed E-state index contributed by atoms with van der Waals surface area (Å²) in [5, 5.41) is 15.1. The number of hydrogen-bond acceptors (Lipinski definition) is 3. The molecule has 2 aromatic rings. The fourth-order valence-electron chi connectivity index (χ4n) is 2.57. The van der Waals surface area contributed by atoms with Crippen molar-refractivity contribution in [3.63, 3.8) is 0 Å². The summed E-state index contributed by atoms with van der Waals surface area (Å²) in [5.41, 5.74) is 1.94. The molecule has 0 spiro atoms. The zero-order chi connectivity index (χ0) is 17.2. The van der Waals surface area contributed by atoms with E-state index in [1.54, 1.807) is 7.11 Å². The minimum absolute atomic E-state index is 0.0000257. The van der Waals surface area contributed by atoms with Crippen LogP contribution in [0.3, 0.4) is 0 Å². The number of aliphatic hydroxyl groups is 1. The Morgan fingerprint density at radius 3 is 1.96 bits per heavy atom. The molecule has 0 fully saturated rings. The van der Waals surface area contributed by atoms with Crippen LogP contribution in [0.5, 0.6) is 0 Å². The van der Waals surface area contributed by atoms with E-state index in [-0.39, 0.29) is 24.7 Å². The van der Waals surface area contributed by atoms with Gasteiger partial charge in [-0.05, 0) is 17.5 Å². The van der Waals surface area contributed by atoms with Crippen molar-refractivity contribution in [3.05, 3.63) is 71.8 Å². The van der Waals surface area contributed by atoms with Crippen LogP contribution in [0.15, 0.2) is 60.7 Å². The lowest BCUT2D eigenvalue weighted by atomic mass is 10.0. The van der Waals surface area contributed by atoms with Gasteiger partial charge in [0.05, 0.1) is 18.7 Å². The summed E-state index contributed by atoms with van der Waals surface area (Å²) in [6.07, 6.45) is 0.456. The minimum Gasteiger partial charge on any atom is -0.396 e. The maximum atomic E-state index is 12.4. The molecule has 0 aliphatic rings. The molecular weight excluding hydrogens is 304 g/mol. The Kier molecular flexibility index (Phi) is 7.26. The third kappa shape index (κ3) is 5.37. The van der Waals surface area contributed by atoms with Crippen LogP contribution in [0.25, 0.3) is 0 Å². The maximum Gasteiger partial charge on any atom is 0.315 e. The maximum absolute atomic E-state index is 12.4. The van der Waals surface area contributed by atoms with Gasteiger partial charge >= 0.3 is 6.03 Å². The highest BCUT2D eigenvalue weighted by atomic mass is 16.5. The molecule has 1 unspecified atom stereocenters. The zero-order valence-electron chi connectivity index (χ0n) is 13.8. The van der Waals surface area contributed by atoms with E-state index in [0.717, 1.165) is 11.1 Å². The fourth-order valence-corrected chi connectivity index (χ4v) is 2.57. The smallest absolute Gasteiger partial charge is 0.315 e. The first-order chi connectivity index (χ1) is 11.7. The molecule has 2 rings (SSSR count). The molecular formula is C19H24N2O3. The molecule has 128 valence electrons. The highest BCUT2D eigenvalue weighted by Gasteiger charge is 2.18. The van der Waals surface area contributed by atoms with Gasteiger partial charge in [0, 0.05) is 13.7 Å². The summed E-state index contributed by atoms with van der Waals surface area (Å²) >= 11 is 0. The molecule has 0 radical (unpaired) electrons. The molecule has 0 bridgehead atoms. The number of ether oxygens (including phenoxy) is 1. The largest absolute Gasteiger partial charge is 0.396 e. The number of methoxy groups -OCH3 is 1. The number of nitrogens with one attached hydrogen (secondary N) is 2. The number of aliphatic hydroxyl groups excluding tert-OH is 1. The molecule has 0 saturated heterocycles. The molecule has 2 aromatic carbocycles. The highest BCUT2D eigenvalue weighted by Crippen LogP contribution is 2.17. The first-order valence-corrected chi connectivity index (χ1v) is 8.01. The lowest BCUT2D eigenvalue weighted by Crippen LogP contribution is -2.41. The summed E-state index contributed by atoms with van der Waals surface area (Å²) in [7, 11) is 1.61. The Hall–Kier alpha value is -2.37. The van der Waals surface area contributed by atoms with E-state index >= 15 is 0 Å². The van der Waals surface area contributed by atoms with E-state index in [1.807, 2.05) is 60.7 Å². The first-order valence-electron chi connectivity index (χ1n) is 8.01. The van der Waals surface area contributed by atoms with Gasteiger partial charge in [0.25, 0.3) is 0 Å². The van der Waals surface area contributed by atoms with Gasteiger partial charge in [-0.3, -0.25) is 0 Å². The second-order valence-electron chi connectivity index (χ2n) is 5.51. The van der Waals surface area contributed by atoms with Crippen LogP contribution in [-0.2, 0) is 4.74 Å². The van der Waals surface area contributed by atoms with Crippen molar-refractivity contribution in [3.8, 4) is 0 Å². The Labute approximate surface area is 142 Å². The number of carbonyl (C=O) groups excluding carboxylic acids is 1. The average molecular weight is 328 g/mol. The molecule has 2 atom stereocenters. The molecule has 0 aromatic heterocycles. The second-order valence-corrected chi connectivity index (χ2v) is 5.51. The minimum atomic E-state index is -0.289. The molecule has 5 nitrogen and oxygen atoms in total. The van der Waals surface area contributed by atoms with E-state index in [4.69, 9.17) is 4.74 Å². The van der Waals surface area contributed by atoms with Gasteiger partial charge in [0.15, 0.2) is 0 Å². The van der Waals surface area contributed by atoms with Crippen LogP contribution in [-0.4, -0.2) is 31.5 Å². The van der Waals surface area contributed by atoms with E-state index in [1.165, 1.54) is 0 Å². The Balaban J connectivity index is 2.03. The summed E-state index contributed by atoms with van der Waals surface area (Å²) < 4.78 is 5.21. The number of carbonyl (C=O) groups is 1. The average Bonchev–Trinajstić information content (AvgIpc) is 2.62. The van der Waals surface area contributed by atoms with Crippen LogP contribution >= 0.6 is 0 Å². The molecule has 24 heavy (non-hydrogen) atoms. The van der Waals surface area contributed by atoms with Crippen molar-refractivity contribution in [1.82, 2.24) is 10.6 Å². The molecule has 0 heterocycles. The normalized spacial score (nSPS) is 13.1. The van der Waals surface area contributed by atoms with Crippen molar-refractivity contribution in [2.45, 2.75) is 18.5 Å². The third-order valence-electron chi connectivity index (χ3n) is 3.77. The van der Waals surface area contributed by atoms with E-state index < -0.39 is 0 Å². The zero-order valence-corrected chi connectivity index (χ0v) is 13.8. The van der Waals surface area contributed by atoms with Crippen molar-refractivity contribution in [2.75, 3.05) is 20.3 Å². The number of benzene rings is 2.